The zero-order valence-corrected chi connectivity index (χ0v) is 20.4. The van der Waals surface area contributed by atoms with Crippen molar-refractivity contribution in [3.8, 4) is 11.5 Å². The molecule has 172 valence electrons. The fourth-order valence-corrected chi connectivity index (χ4v) is 5.95. The van der Waals surface area contributed by atoms with Gasteiger partial charge in [0, 0.05) is 0 Å². The number of ether oxygens (including phenoxy) is 2. The molecule has 2 atom stereocenters. The zero-order chi connectivity index (χ0) is 23.0. The summed E-state index contributed by atoms with van der Waals surface area (Å²) in [6, 6.07) is 4.29. The Kier molecular flexibility index (Phi) is 6.51. The fourth-order valence-electron chi connectivity index (χ4n) is 5.95. The van der Waals surface area contributed by atoms with Crippen LogP contribution in [0.3, 0.4) is 0 Å². The van der Waals surface area contributed by atoms with Gasteiger partial charge in [0.05, 0.1) is 25.2 Å². The second kappa shape index (κ2) is 8.52. The number of carboxylic acid groups (broad SMARTS) is 1. The summed E-state index contributed by atoms with van der Waals surface area (Å²) in [4.78, 5) is 12.3. The van der Waals surface area contributed by atoms with E-state index < -0.39 is 11.4 Å². The van der Waals surface area contributed by atoms with Crippen molar-refractivity contribution in [3.63, 3.8) is 0 Å². The Morgan fingerprint density at radius 2 is 1.74 bits per heavy atom. The summed E-state index contributed by atoms with van der Waals surface area (Å²) in [6.07, 6.45) is 9.65. The first-order valence-electron chi connectivity index (χ1n) is 11.8. The Hall–Kier alpha value is -1.97. The van der Waals surface area contributed by atoms with Crippen molar-refractivity contribution in [1.82, 2.24) is 0 Å². The molecule has 0 amide bonds. The monoisotopic (exact) mass is 428 g/mol. The van der Waals surface area contributed by atoms with Gasteiger partial charge in [-0.25, -0.2) is 0 Å². The molecule has 0 radical (unpaired) electrons. The summed E-state index contributed by atoms with van der Waals surface area (Å²) in [7, 11) is 3.39. The van der Waals surface area contributed by atoms with Gasteiger partial charge in [-0.05, 0) is 59.3 Å². The second-order valence-electron chi connectivity index (χ2n) is 10.6. The lowest BCUT2D eigenvalue weighted by atomic mass is 9.69. The molecule has 4 heteroatoms. The van der Waals surface area contributed by atoms with E-state index in [1.165, 1.54) is 31.2 Å². The van der Waals surface area contributed by atoms with Crippen LogP contribution in [0.15, 0.2) is 18.2 Å². The Balaban J connectivity index is 2.05. The summed E-state index contributed by atoms with van der Waals surface area (Å²) >= 11 is 0. The number of rotatable bonds is 10. The van der Waals surface area contributed by atoms with Gasteiger partial charge in [0.15, 0.2) is 0 Å². The summed E-state index contributed by atoms with van der Waals surface area (Å²) in [6.45, 7) is 11.0. The van der Waals surface area contributed by atoms with E-state index in [4.69, 9.17) is 9.47 Å². The maximum atomic E-state index is 12.3. The highest BCUT2D eigenvalue weighted by Gasteiger charge is 2.63. The van der Waals surface area contributed by atoms with Crippen molar-refractivity contribution in [2.45, 2.75) is 85.0 Å². The van der Waals surface area contributed by atoms with Gasteiger partial charge in [-0.1, -0.05) is 66.4 Å². The van der Waals surface area contributed by atoms with Gasteiger partial charge < -0.3 is 14.6 Å². The molecule has 1 aromatic carbocycles. The second-order valence-corrected chi connectivity index (χ2v) is 10.6. The molecule has 0 spiro atoms. The number of allylic oxidation sites excluding steroid dienone is 1. The van der Waals surface area contributed by atoms with Crippen LogP contribution in [0.5, 0.6) is 11.5 Å². The fraction of sp³-hybridized carbons (Fsp3) is 0.667. The maximum absolute atomic E-state index is 12.3. The average molecular weight is 429 g/mol. The summed E-state index contributed by atoms with van der Waals surface area (Å²) in [5.41, 5.74) is 2.06. The molecule has 1 N–H and O–H groups in total. The molecule has 3 rings (SSSR count). The highest BCUT2D eigenvalue weighted by molar-refractivity contribution is 5.90. The minimum atomic E-state index is -0.819. The van der Waals surface area contributed by atoms with Crippen LogP contribution in [0.4, 0.5) is 0 Å². The molecule has 31 heavy (non-hydrogen) atoms. The van der Waals surface area contributed by atoms with Crippen LogP contribution in [-0.2, 0) is 10.2 Å². The van der Waals surface area contributed by atoms with Crippen LogP contribution in [0.25, 0.3) is 5.57 Å². The first kappa shape index (κ1) is 23.7. The number of carboxylic acids is 1. The summed E-state index contributed by atoms with van der Waals surface area (Å²) in [5.74, 6) is 1.02. The average Bonchev–Trinajstić information content (AvgIpc) is 3.13. The first-order valence-corrected chi connectivity index (χ1v) is 11.8. The number of carbonyl (C=O) groups is 1. The van der Waals surface area contributed by atoms with Crippen LogP contribution in [-0.4, -0.2) is 25.3 Å². The highest BCUT2D eigenvalue weighted by atomic mass is 16.5. The lowest BCUT2D eigenvalue weighted by Gasteiger charge is -2.33. The standard InChI is InChI=1S/C27H40O4/c1-8-9-10-11-13-25(2,3)18-15-21(30-6)23(22(16-18)31-7)19-17-27(24(28)29)14-12-20(19)26(27,4)5/h15-17,20H,8-14H2,1-7H3,(H,28,29). The van der Waals surface area contributed by atoms with Crippen molar-refractivity contribution in [3.05, 3.63) is 29.3 Å². The van der Waals surface area contributed by atoms with Crippen molar-refractivity contribution >= 4 is 11.5 Å². The van der Waals surface area contributed by atoms with Crippen molar-refractivity contribution < 1.29 is 19.4 Å². The van der Waals surface area contributed by atoms with Gasteiger partial charge in [-0.2, -0.15) is 0 Å². The lowest BCUT2D eigenvalue weighted by molar-refractivity contribution is -0.150. The Labute approximate surface area is 188 Å². The minimum Gasteiger partial charge on any atom is -0.496 e. The van der Waals surface area contributed by atoms with E-state index in [1.54, 1.807) is 14.2 Å². The molecule has 0 saturated heterocycles. The molecular weight excluding hydrogens is 388 g/mol. The third-order valence-electron chi connectivity index (χ3n) is 8.24. The first-order chi connectivity index (χ1) is 14.6. The normalized spacial score (nSPS) is 24.2. The van der Waals surface area contributed by atoms with Gasteiger partial charge >= 0.3 is 5.97 Å². The van der Waals surface area contributed by atoms with Crippen LogP contribution in [0.1, 0.15) is 90.7 Å². The van der Waals surface area contributed by atoms with E-state index in [-0.39, 0.29) is 16.7 Å². The molecule has 0 aliphatic heterocycles. The number of unbranched alkanes of at least 4 members (excludes halogenated alkanes) is 3. The SMILES string of the molecule is CCCCCCC(C)(C)c1cc(OC)c(C2=CC3(C(=O)O)CCC2C3(C)C)c(OC)c1. The largest absolute Gasteiger partial charge is 0.496 e. The number of fused-ring (bicyclic) bond motifs is 2. The number of benzene rings is 1. The van der Waals surface area contributed by atoms with E-state index in [2.05, 4.69) is 46.8 Å². The smallest absolute Gasteiger partial charge is 0.314 e. The van der Waals surface area contributed by atoms with Crippen LogP contribution >= 0.6 is 0 Å². The number of hydrogen-bond donors (Lipinski definition) is 1. The quantitative estimate of drug-likeness (QED) is 0.414. The maximum Gasteiger partial charge on any atom is 0.314 e. The van der Waals surface area contributed by atoms with Crippen LogP contribution in [0, 0.1) is 16.7 Å². The van der Waals surface area contributed by atoms with Gasteiger partial charge in [-0.3, -0.25) is 4.79 Å². The highest BCUT2D eigenvalue weighted by Crippen LogP contribution is 2.68. The molecule has 0 aromatic heterocycles. The van der Waals surface area contributed by atoms with Gasteiger partial charge in [0.25, 0.3) is 0 Å². The molecule has 1 saturated carbocycles. The predicted octanol–water partition coefficient (Wildman–Crippen LogP) is 6.86. The third kappa shape index (κ3) is 3.76. The summed E-state index contributed by atoms with van der Waals surface area (Å²) < 4.78 is 11.8. The summed E-state index contributed by atoms with van der Waals surface area (Å²) in [5, 5.41) is 10.1. The molecule has 1 fully saturated rings. The molecule has 2 aliphatic rings. The lowest BCUT2D eigenvalue weighted by Crippen LogP contribution is -2.37. The molecule has 0 heterocycles. The van der Waals surface area contributed by atoms with Crippen LogP contribution < -0.4 is 9.47 Å². The molecule has 2 unspecified atom stereocenters. The molecule has 1 aromatic rings. The van der Waals surface area contributed by atoms with Gasteiger partial charge in [0.2, 0.25) is 0 Å². The van der Waals surface area contributed by atoms with Crippen LogP contribution in [0.2, 0.25) is 0 Å². The van der Waals surface area contributed by atoms with E-state index in [0.29, 0.717) is 6.42 Å². The van der Waals surface area contributed by atoms with E-state index in [1.807, 2.05) is 6.08 Å². The molecule has 2 aliphatic carbocycles. The Bertz CT molecular complexity index is 839. The number of hydrogen-bond acceptors (Lipinski definition) is 3. The minimum absolute atomic E-state index is 0.0114. The van der Waals surface area contributed by atoms with Gasteiger partial charge in [-0.15, -0.1) is 0 Å². The molecular formula is C27H40O4. The van der Waals surface area contributed by atoms with Crippen molar-refractivity contribution in [2.75, 3.05) is 14.2 Å². The Morgan fingerprint density at radius 1 is 1.13 bits per heavy atom. The molecule has 4 nitrogen and oxygen atoms in total. The third-order valence-corrected chi connectivity index (χ3v) is 8.24. The van der Waals surface area contributed by atoms with Crippen molar-refractivity contribution in [2.24, 2.45) is 16.7 Å². The number of methoxy groups -OCH3 is 2. The van der Waals surface area contributed by atoms with E-state index >= 15 is 0 Å². The van der Waals surface area contributed by atoms with Gasteiger partial charge in [0.1, 0.15) is 11.5 Å². The zero-order valence-electron chi connectivity index (χ0n) is 20.4. The van der Waals surface area contributed by atoms with E-state index in [0.717, 1.165) is 35.5 Å². The number of aliphatic carboxylic acids is 1. The predicted molar refractivity (Wildman–Crippen MR) is 126 cm³/mol. The molecule has 2 bridgehead atoms. The van der Waals surface area contributed by atoms with Crippen molar-refractivity contribution in [1.29, 1.82) is 0 Å². The Morgan fingerprint density at radius 3 is 2.23 bits per heavy atom. The van der Waals surface area contributed by atoms with E-state index in [9.17, 15) is 9.90 Å². The topological polar surface area (TPSA) is 55.8 Å².